The molecule has 0 aromatic rings. The van der Waals surface area contributed by atoms with E-state index in [1.54, 1.807) is 0 Å². The van der Waals surface area contributed by atoms with Crippen LogP contribution in [-0.4, -0.2) is 5.54 Å². The van der Waals surface area contributed by atoms with Gasteiger partial charge in [-0.25, -0.2) is 0 Å². The lowest BCUT2D eigenvalue weighted by molar-refractivity contribution is 0.193. The van der Waals surface area contributed by atoms with Gasteiger partial charge in [-0.3, -0.25) is 0 Å². The van der Waals surface area contributed by atoms with Crippen molar-refractivity contribution in [1.82, 2.24) is 0 Å². The van der Waals surface area contributed by atoms with Gasteiger partial charge >= 0.3 is 0 Å². The summed E-state index contributed by atoms with van der Waals surface area (Å²) in [5.41, 5.74) is 6.41. The molecule has 0 bridgehead atoms. The average molecular weight is 169 g/mol. The SMILES string of the molecule is CCCCC1CCCCC1(C)N. The van der Waals surface area contributed by atoms with E-state index in [0.717, 1.165) is 5.92 Å². The number of nitrogens with two attached hydrogens (primary N) is 1. The van der Waals surface area contributed by atoms with Crippen LogP contribution in [0.1, 0.15) is 58.8 Å². The molecule has 1 rings (SSSR count). The summed E-state index contributed by atoms with van der Waals surface area (Å²) in [6.07, 6.45) is 9.37. The second-order valence-corrected chi connectivity index (χ2v) is 4.59. The maximum absolute atomic E-state index is 6.26. The summed E-state index contributed by atoms with van der Waals surface area (Å²) in [4.78, 5) is 0. The van der Waals surface area contributed by atoms with Gasteiger partial charge in [0.2, 0.25) is 0 Å². The Morgan fingerprint density at radius 3 is 2.75 bits per heavy atom. The minimum atomic E-state index is 0.146. The molecule has 0 aromatic carbocycles. The van der Waals surface area contributed by atoms with Gasteiger partial charge in [-0.15, -0.1) is 0 Å². The van der Waals surface area contributed by atoms with Crippen LogP contribution in [0.2, 0.25) is 0 Å². The summed E-state index contributed by atoms with van der Waals surface area (Å²) < 4.78 is 0. The molecule has 0 amide bonds. The second-order valence-electron chi connectivity index (χ2n) is 4.59. The lowest BCUT2D eigenvalue weighted by atomic mass is 9.72. The van der Waals surface area contributed by atoms with E-state index < -0.39 is 0 Å². The van der Waals surface area contributed by atoms with E-state index in [2.05, 4.69) is 13.8 Å². The van der Waals surface area contributed by atoms with Crippen LogP contribution in [0.5, 0.6) is 0 Å². The summed E-state index contributed by atoms with van der Waals surface area (Å²) in [7, 11) is 0. The lowest BCUT2D eigenvalue weighted by Gasteiger charge is -2.38. The first-order valence-electron chi connectivity index (χ1n) is 5.45. The molecule has 1 aliphatic carbocycles. The third-order valence-corrected chi connectivity index (χ3v) is 3.36. The van der Waals surface area contributed by atoms with E-state index in [0.29, 0.717) is 0 Å². The molecule has 0 saturated heterocycles. The minimum absolute atomic E-state index is 0.146. The first-order valence-corrected chi connectivity index (χ1v) is 5.45. The molecule has 2 unspecified atom stereocenters. The van der Waals surface area contributed by atoms with E-state index in [-0.39, 0.29) is 5.54 Å². The van der Waals surface area contributed by atoms with Crippen molar-refractivity contribution in [2.24, 2.45) is 11.7 Å². The Balaban J connectivity index is 2.37. The van der Waals surface area contributed by atoms with Gasteiger partial charge in [0.1, 0.15) is 0 Å². The van der Waals surface area contributed by atoms with Gasteiger partial charge in [-0.1, -0.05) is 32.6 Å². The largest absolute Gasteiger partial charge is 0.325 e. The van der Waals surface area contributed by atoms with Gasteiger partial charge in [0, 0.05) is 5.54 Å². The predicted octanol–water partition coefficient (Wildman–Crippen LogP) is 3.08. The molecular weight excluding hydrogens is 146 g/mol. The van der Waals surface area contributed by atoms with Crippen molar-refractivity contribution >= 4 is 0 Å². The highest BCUT2D eigenvalue weighted by Gasteiger charge is 2.31. The van der Waals surface area contributed by atoms with E-state index in [1.165, 1.54) is 44.9 Å². The summed E-state index contributed by atoms with van der Waals surface area (Å²) in [5, 5.41) is 0. The number of unbranched alkanes of at least 4 members (excludes halogenated alkanes) is 1. The number of hydrogen-bond donors (Lipinski definition) is 1. The molecule has 1 nitrogen and oxygen atoms in total. The fourth-order valence-corrected chi connectivity index (χ4v) is 2.36. The maximum Gasteiger partial charge on any atom is 0.0154 e. The standard InChI is InChI=1S/C11H23N/c1-3-4-7-10-8-5-6-9-11(10,2)12/h10H,3-9,12H2,1-2H3. The summed E-state index contributed by atoms with van der Waals surface area (Å²) in [5.74, 6) is 0.797. The van der Waals surface area contributed by atoms with Gasteiger partial charge in [0.05, 0.1) is 0 Å². The topological polar surface area (TPSA) is 26.0 Å². The van der Waals surface area contributed by atoms with Crippen molar-refractivity contribution in [2.75, 3.05) is 0 Å². The summed E-state index contributed by atoms with van der Waals surface area (Å²) in [6.45, 7) is 4.50. The lowest BCUT2D eigenvalue weighted by Crippen LogP contribution is -2.46. The third kappa shape index (κ3) is 2.48. The first kappa shape index (κ1) is 10.0. The minimum Gasteiger partial charge on any atom is -0.325 e. The van der Waals surface area contributed by atoms with Crippen molar-refractivity contribution < 1.29 is 0 Å². The van der Waals surface area contributed by atoms with Crippen molar-refractivity contribution in [3.05, 3.63) is 0 Å². The van der Waals surface area contributed by atoms with E-state index in [4.69, 9.17) is 5.73 Å². The molecule has 1 aliphatic rings. The normalized spacial score (nSPS) is 36.8. The van der Waals surface area contributed by atoms with E-state index in [1.807, 2.05) is 0 Å². The Morgan fingerprint density at radius 1 is 1.42 bits per heavy atom. The molecule has 1 fully saturated rings. The molecule has 0 spiro atoms. The predicted molar refractivity (Wildman–Crippen MR) is 54.1 cm³/mol. The molecular formula is C11H23N. The molecule has 0 heterocycles. The summed E-state index contributed by atoms with van der Waals surface area (Å²) in [6, 6.07) is 0. The Labute approximate surface area is 76.7 Å². The highest BCUT2D eigenvalue weighted by molar-refractivity contribution is 4.89. The van der Waals surface area contributed by atoms with Crippen LogP contribution in [0.3, 0.4) is 0 Å². The van der Waals surface area contributed by atoms with Gasteiger partial charge in [0.25, 0.3) is 0 Å². The van der Waals surface area contributed by atoms with Crippen LogP contribution in [0.4, 0.5) is 0 Å². The molecule has 0 radical (unpaired) electrons. The fourth-order valence-electron chi connectivity index (χ4n) is 2.36. The first-order chi connectivity index (χ1) is 5.67. The zero-order valence-corrected chi connectivity index (χ0v) is 8.60. The zero-order chi connectivity index (χ0) is 9.03. The number of hydrogen-bond acceptors (Lipinski definition) is 1. The van der Waals surface area contributed by atoms with Crippen LogP contribution >= 0.6 is 0 Å². The fraction of sp³-hybridized carbons (Fsp3) is 1.00. The van der Waals surface area contributed by atoms with E-state index in [9.17, 15) is 0 Å². The van der Waals surface area contributed by atoms with E-state index >= 15 is 0 Å². The smallest absolute Gasteiger partial charge is 0.0154 e. The van der Waals surface area contributed by atoms with Crippen molar-refractivity contribution in [2.45, 2.75) is 64.3 Å². The molecule has 0 aromatic heterocycles. The van der Waals surface area contributed by atoms with Crippen LogP contribution in [-0.2, 0) is 0 Å². The molecule has 1 heteroatoms. The average Bonchev–Trinajstić information content (AvgIpc) is 2.02. The number of rotatable bonds is 3. The molecule has 2 N–H and O–H groups in total. The Morgan fingerprint density at radius 2 is 2.17 bits per heavy atom. The molecule has 0 aliphatic heterocycles. The second kappa shape index (κ2) is 4.27. The van der Waals surface area contributed by atoms with Crippen molar-refractivity contribution in [3.63, 3.8) is 0 Å². The quantitative estimate of drug-likeness (QED) is 0.690. The van der Waals surface area contributed by atoms with Gasteiger partial charge < -0.3 is 5.73 Å². The highest BCUT2D eigenvalue weighted by atomic mass is 14.7. The van der Waals surface area contributed by atoms with Crippen molar-refractivity contribution in [3.8, 4) is 0 Å². The van der Waals surface area contributed by atoms with Crippen molar-refractivity contribution in [1.29, 1.82) is 0 Å². The van der Waals surface area contributed by atoms with Crippen LogP contribution in [0.15, 0.2) is 0 Å². The molecule has 72 valence electrons. The summed E-state index contributed by atoms with van der Waals surface area (Å²) >= 11 is 0. The monoisotopic (exact) mass is 169 g/mol. The van der Waals surface area contributed by atoms with Gasteiger partial charge in [-0.2, -0.15) is 0 Å². The highest BCUT2D eigenvalue weighted by Crippen LogP contribution is 2.34. The third-order valence-electron chi connectivity index (χ3n) is 3.36. The molecule has 12 heavy (non-hydrogen) atoms. The van der Waals surface area contributed by atoms with Crippen LogP contribution < -0.4 is 5.73 Å². The zero-order valence-electron chi connectivity index (χ0n) is 8.60. The van der Waals surface area contributed by atoms with Crippen LogP contribution in [0.25, 0.3) is 0 Å². The van der Waals surface area contributed by atoms with Gasteiger partial charge in [0.15, 0.2) is 0 Å². The van der Waals surface area contributed by atoms with Gasteiger partial charge in [-0.05, 0) is 32.1 Å². The Hall–Kier alpha value is -0.0400. The Kier molecular flexibility index (Phi) is 3.57. The maximum atomic E-state index is 6.26. The molecule has 2 atom stereocenters. The molecule has 1 saturated carbocycles. The van der Waals surface area contributed by atoms with Crippen LogP contribution in [0, 0.1) is 5.92 Å². The Bertz CT molecular complexity index is 129.